The monoisotopic (exact) mass is 206 g/mol. The van der Waals surface area contributed by atoms with Crippen LogP contribution >= 0.6 is 0 Å². The predicted molar refractivity (Wildman–Crippen MR) is 51.2 cm³/mol. The van der Waals surface area contributed by atoms with Gasteiger partial charge in [-0.3, -0.25) is 0 Å². The highest BCUT2D eigenvalue weighted by atomic mass is 28.3. The molecule has 4 nitrogen and oxygen atoms in total. The minimum atomic E-state index is -1.35. The van der Waals surface area contributed by atoms with Crippen molar-refractivity contribution in [3.05, 3.63) is 0 Å². The van der Waals surface area contributed by atoms with Gasteiger partial charge in [-0.25, -0.2) is 0 Å². The van der Waals surface area contributed by atoms with Crippen LogP contribution in [0.4, 0.5) is 0 Å². The summed E-state index contributed by atoms with van der Waals surface area (Å²) in [6.07, 6.45) is 1.39. The molecule has 1 aliphatic rings. The average molecular weight is 206 g/mol. The second-order valence-electron chi connectivity index (χ2n) is 3.07. The molecular formula is C8H18O4Si. The van der Waals surface area contributed by atoms with Gasteiger partial charge in [0, 0.05) is 20.8 Å². The Bertz CT molecular complexity index is 125. The van der Waals surface area contributed by atoms with E-state index < -0.39 is 9.28 Å². The van der Waals surface area contributed by atoms with Crippen LogP contribution in [0.1, 0.15) is 6.42 Å². The van der Waals surface area contributed by atoms with E-state index in [-0.39, 0.29) is 0 Å². The highest BCUT2D eigenvalue weighted by Crippen LogP contribution is 2.09. The van der Waals surface area contributed by atoms with E-state index in [2.05, 4.69) is 0 Å². The molecule has 1 fully saturated rings. The van der Waals surface area contributed by atoms with Crippen molar-refractivity contribution in [3.8, 4) is 0 Å². The van der Waals surface area contributed by atoms with Gasteiger partial charge in [0.25, 0.3) is 0 Å². The number of ether oxygens (including phenoxy) is 2. The Morgan fingerprint density at radius 2 is 2.08 bits per heavy atom. The van der Waals surface area contributed by atoms with Crippen LogP contribution in [0.3, 0.4) is 0 Å². The summed E-state index contributed by atoms with van der Waals surface area (Å²) >= 11 is 0. The molecule has 5 heteroatoms. The molecule has 1 rings (SSSR count). The van der Waals surface area contributed by atoms with Crippen molar-refractivity contribution < 1.29 is 18.3 Å². The summed E-state index contributed by atoms with van der Waals surface area (Å²) in [5, 5.41) is 0. The van der Waals surface area contributed by atoms with Crippen LogP contribution in [0, 0.1) is 0 Å². The largest absolute Gasteiger partial charge is 0.400 e. The average Bonchev–Trinajstić information content (AvgIpc) is 2.95. The van der Waals surface area contributed by atoms with Gasteiger partial charge in [0.15, 0.2) is 0 Å². The van der Waals surface area contributed by atoms with Crippen LogP contribution in [-0.4, -0.2) is 49.4 Å². The van der Waals surface area contributed by atoms with E-state index in [4.69, 9.17) is 18.3 Å². The molecule has 1 aliphatic heterocycles. The van der Waals surface area contributed by atoms with Crippen LogP contribution < -0.4 is 0 Å². The standard InChI is InChI=1S/C8H18O4Si/c1-9-13(10-2)5-3-4-11-6-8-7-12-8/h8,13H,3-7H2,1-2H3. The first-order valence-corrected chi connectivity index (χ1v) is 6.37. The van der Waals surface area contributed by atoms with Crippen molar-refractivity contribution >= 4 is 9.28 Å². The lowest BCUT2D eigenvalue weighted by atomic mass is 10.5. The summed E-state index contributed by atoms with van der Waals surface area (Å²) in [6.45, 7) is 2.40. The minimum Gasteiger partial charge on any atom is -0.400 e. The molecule has 0 saturated carbocycles. The molecule has 0 aromatic carbocycles. The fourth-order valence-electron chi connectivity index (χ4n) is 1.06. The summed E-state index contributed by atoms with van der Waals surface area (Å²) in [4.78, 5) is 0. The lowest BCUT2D eigenvalue weighted by Crippen LogP contribution is -2.19. The molecule has 13 heavy (non-hydrogen) atoms. The highest BCUT2D eigenvalue weighted by Gasteiger charge is 2.22. The first-order chi connectivity index (χ1) is 6.36. The predicted octanol–water partition coefficient (Wildman–Crippen LogP) is 0.305. The molecule has 0 aromatic rings. The van der Waals surface area contributed by atoms with E-state index in [1.165, 1.54) is 0 Å². The van der Waals surface area contributed by atoms with E-state index in [9.17, 15) is 0 Å². The Balaban J connectivity index is 1.81. The van der Waals surface area contributed by atoms with Crippen LogP contribution in [0.5, 0.6) is 0 Å². The summed E-state index contributed by atoms with van der Waals surface area (Å²) in [6, 6.07) is 1.01. The molecule has 1 atom stereocenters. The molecule has 78 valence electrons. The van der Waals surface area contributed by atoms with E-state index in [0.29, 0.717) is 6.10 Å². The van der Waals surface area contributed by atoms with Crippen LogP contribution in [0.15, 0.2) is 0 Å². The number of epoxide rings is 1. The quantitative estimate of drug-likeness (QED) is 0.325. The van der Waals surface area contributed by atoms with Gasteiger partial charge in [0.1, 0.15) is 6.10 Å². The molecule has 1 unspecified atom stereocenters. The number of hydrogen-bond donors (Lipinski definition) is 0. The minimum absolute atomic E-state index is 0.373. The summed E-state index contributed by atoms with van der Waals surface area (Å²) in [7, 11) is 2.06. The zero-order chi connectivity index (χ0) is 9.52. The van der Waals surface area contributed by atoms with E-state index in [0.717, 1.165) is 32.3 Å². The fourth-order valence-corrected chi connectivity index (χ4v) is 2.23. The molecule has 0 spiro atoms. The Morgan fingerprint density at radius 1 is 1.38 bits per heavy atom. The van der Waals surface area contributed by atoms with Crippen molar-refractivity contribution in [2.45, 2.75) is 18.6 Å². The molecule has 1 saturated heterocycles. The molecule has 0 aliphatic carbocycles. The maximum atomic E-state index is 5.38. The molecule has 0 radical (unpaired) electrons. The van der Waals surface area contributed by atoms with Gasteiger partial charge in [-0.05, 0) is 12.5 Å². The maximum absolute atomic E-state index is 5.38. The maximum Gasteiger partial charge on any atom is 0.320 e. The third-order valence-corrected chi connectivity index (χ3v) is 3.89. The van der Waals surface area contributed by atoms with Crippen molar-refractivity contribution in [1.82, 2.24) is 0 Å². The third kappa shape index (κ3) is 5.38. The molecule has 1 heterocycles. The van der Waals surface area contributed by atoms with Gasteiger partial charge < -0.3 is 18.3 Å². The first kappa shape index (κ1) is 11.1. The van der Waals surface area contributed by atoms with Gasteiger partial charge in [-0.15, -0.1) is 0 Å². The lowest BCUT2D eigenvalue weighted by Gasteiger charge is -2.10. The second kappa shape index (κ2) is 6.50. The van der Waals surface area contributed by atoms with E-state index in [1.54, 1.807) is 14.2 Å². The molecule has 0 N–H and O–H groups in total. The zero-order valence-corrected chi connectivity index (χ0v) is 9.48. The zero-order valence-electron chi connectivity index (χ0n) is 8.32. The van der Waals surface area contributed by atoms with Crippen LogP contribution in [-0.2, 0) is 18.3 Å². The Morgan fingerprint density at radius 3 is 2.62 bits per heavy atom. The number of rotatable bonds is 8. The topological polar surface area (TPSA) is 40.2 Å². The molecule has 0 bridgehead atoms. The highest BCUT2D eigenvalue weighted by molar-refractivity contribution is 6.44. The summed E-state index contributed by atoms with van der Waals surface area (Å²) in [5.41, 5.74) is 0. The van der Waals surface area contributed by atoms with Crippen molar-refractivity contribution in [1.29, 1.82) is 0 Å². The SMILES string of the molecule is CO[SiH](CCCOCC1CO1)OC. The van der Waals surface area contributed by atoms with E-state index >= 15 is 0 Å². The fraction of sp³-hybridized carbons (Fsp3) is 1.00. The molecule has 0 amide bonds. The van der Waals surface area contributed by atoms with Crippen molar-refractivity contribution in [2.75, 3.05) is 34.0 Å². The van der Waals surface area contributed by atoms with Crippen molar-refractivity contribution in [2.24, 2.45) is 0 Å². The van der Waals surface area contributed by atoms with Crippen molar-refractivity contribution in [3.63, 3.8) is 0 Å². The lowest BCUT2D eigenvalue weighted by molar-refractivity contribution is 0.115. The van der Waals surface area contributed by atoms with Gasteiger partial charge in [0.05, 0.1) is 13.2 Å². The Kier molecular flexibility index (Phi) is 5.57. The Hall–Kier alpha value is 0.0569. The molecular weight excluding hydrogens is 188 g/mol. The van der Waals surface area contributed by atoms with Gasteiger partial charge in [0.2, 0.25) is 0 Å². The van der Waals surface area contributed by atoms with Gasteiger partial charge in [-0.1, -0.05) is 0 Å². The van der Waals surface area contributed by atoms with Crippen LogP contribution in [0.2, 0.25) is 6.04 Å². The normalized spacial score (nSPS) is 21.0. The first-order valence-electron chi connectivity index (χ1n) is 4.61. The Labute approximate surface area is 81.0 Å². The van der Waals surface area contributed by atoms with Gasteiger partial charge >= 0.3 is 9.28 Å². The summed E-state index contributed by atoms with van der Waals surface area (Å²) in [5.74, 6) is 0. The van der Waals surface area contributed by atoms with E-state index in [1.807, 2.05) is 0 Å². The summed E-state index contributed by atoms with van der Waals surface area (Å²) < 4.78 is 20.7. The smallest absolute Gasteiger partial charge is 0.320 e. The second-order valence-corrected chi connectivity index (χ2v) is 5.45. The molecule has 0 aromatic heterocycles. The van der Waals surface area contributed by atoms with Gasteiger partial charge in [-0.2, -0.15) is 0 Å². The number of hydrogen-bond acceptors (Lipinski definition) is 4. The third-order valence-electron chi connectivity index (χ3n) is 1.96. The van der Waals surface area contributed by atoms with Crippen LogP contribution in [0.25, 0.3) is 0 Å².